The van der Waals surface area contributed by atoms with Crippen LogP contribution in [0, 0.1) is 5.92 Å². The Morgan fingerprint density at radius 2 is 2.11 bits per heavy atom. The highest BCUT2D eigenvalue weighted by Gasteiger charge is 2.30. The number of benzene rings is 1. The van der Waals surface area contributed by atoms with E-state index < -0.39 is 11.7 Å². The molecule has 1 atom stereocenters. The average Bonchev–Trinajstić information content (AvgIpc) is 3.14. The first-order valence-corrected chi connectivity index (χ1v) is 9.85. The number of likely N-dealkylation sites (tertiary alicyclic amines) is 1. The number of halogens is 3. The van der Waals surface area contributed by atoms with E-state index in [1.165, 1.54) is 12.1 Å². The van der Waals surface area contributed by atoms with Gasteiger partial charge in [-0.15, -0.1) is 0 Å². The van der Waals surface area contributed by atoms with Crippen LogP contribution in [-0.2, 0) is 19.1 Å². The number of carbonyl (C=O) groups excluding carboxylic acids is 1. The van der Waals surface area contributed by atoms with Gasteiger partial charge in [-0.05, 0) is 55.7 Å². The van der Waals surface area contributed by atoms with Crippen molar-refractivity contribution in [2.45, 2.75) is 51.7 Å². The van der Waals surface area contributed by atoms with Crippen molar-refractivity contribution in [3.63, 3.8) is 0 Å². The second kappa shape index (κ2) is 8.80. The lowest BCUT2D eigenvalue weighted by Gasteiger charge is -2.33. The van der Waals surface area contributed by atoms with Gasteiger partial charge in [-0.3, -0.25) is 9.48 Å². The van der Waals surface area contributed by atoms with Crippen molar-refractivity contribution in [2.75, 3.05) is 13.1 Å². The lowest BCUT2D eigenvalue weighted by molar-refractivity contribution is -0.137. The highest BCUT2D eigenvalue weighted by Crippen LogP contribution is 2.30. The Hall–Kier alpha value is -2.31. The van der Waals surface area contributed by atoms with E-state index in [1.54, 1.807) is 23.0 Å². The number of nitrogens with zero attached hydrogens (tertiary/aromatic N) is 3. The van der Waals surface area contributed by atoms with Gasteiger partial charge >= 0.3 is 6.18 Å². The number of aryl methyl sites for hydroxylation is 2. The first kappa shape index (κ1) is 20.4. The molecule has 1 aromatic carbocycles. The minimum absolute atomic E-state index is 0.00489. The number of piperidine rings is 1. The normalized spacial score (nSPS) is 17.7. The van der Waals surface area contributed by atoms with Crippen LogP contribution in [0.15, 0.2) is 36.5 Å². The molecule has 0 spiro atoms. The van der Waals surface area contributed by atoms with E-state index in [0.29, 0.717) is 36.7 Å². The van der Waals surface area contributed by atoms with Crippen LogP contribution in [0.4, 0.5) is 13.2 Å². The molecule has 1 fully saturated rings. The summed E-state index contributed by atoms with van der Waals surface area (Å²) >= 11 is 0. The molecule has 0 aliphatic carbocycles. The Bertz CT molecular complexity index is 800. The number of carbonyl (C=O) groups is 1. The first-order valence-electron chi connectivity index (χ1n) is 9.85. The van der Waals surface area contributed by atoms with Gasteiger partial charge in [0, 0.05) is 25.8 Å². The predicted molar refractivity (Wildman–Crippen MR) is 101 cm³/mol. The number of aromatic nitrogens is 2. The predicted octanol–water partition coefficient (Wildman–Crippen LogP) is 4.80. The van der Waals surface area contributed by atoms with E-state index in [0.717, 1.165) is 38.3 Å². The molecule has 0 bridgehead atoms. The number of hydrogen-bond acceptors (Lipinski definition) is 2. The molecular weight excluding hydrogens is 367 g/mol. The topological polar surface area (TPSA) is 38.1 Å². The summed E-state index contributed by atoms with van der Waals surface area (Å²) in [6.45, 7) is 4.12. The molecule has 0 unspecified atom stereocenters. The number of rotatable bonds is 6. The third-order valence-corrected chi connectivity index (χ3v) is 5.27. The molecule has 152 valence electrons. The molecule has 1 aliphatic heterocycles. The summed E-state index contributed by atoms with van der Waals surface area (Å²) in [4.78, 5) is 14.7. The van der Waals surface area contributed by atoms with Crippen molar-refractivity contribution in [1.82, 2.24) is 14.7 Å². The smallest absolute Gasteiger partial charge is 0.337 e. The molecule has 0 radical (unpaired) electrons. The Morgan fingerprint density at radius 3 is 2.86 bits per heavy atom. The van der Waals surface area contributed by atoms with Gasteiger partial charge in [-0.1, -0.05) is 25.1 Å². The average molecular weight is 393 g/mol. The van der Waals surface area contributed by atoms with Crippen LogP contribution >= 0.6 is 0 Å². The van der Waals surface area contributed by atoms with Crippen LogP contribution < -0.4 is 0 Å². The Morgan fingerprint density at radius 1 is 1.29 bits per heavy atom. The van der Waals surface area contributed by atoms with Crippen molar-refractivity contribution in [1.29, 1.82) is 0 Å². The number of hydrogen-bond donors (Lipinski definition) is 0. The fraction of sp³-hybridized carbons (Fsp3) is 0.524. The number of amides is 1. The van der Waals surface area contributed by atoms with Crippen LogP contribution in [0.2, 0.25) is 0 Å². The first-order chi connectivity index (χ1) is 13.4. The minimum Gasteiger partial charge on any atom is -0.337 e. The van der Waals surface area contributed by atoms with Crippen LogP contribution in [0.25, 0.3) is 0 Å². The van der Waals surface area contributed by atoms with E-state index in [-0.39, 0.29) is 5.91 Å². The van der Waals surface area contributed by atoms with E-state index in [4.69, 9.17) is 0 Å². The largest absolute Gasteiger partial charge is 0.416 e. The van der Waals surface area contributed by atoms with Crippen molar-refractivity contribution in [3.8, 4) is 0 Å². The fourth-order valence-corrected chi connectivity index (χ4v) is 3.83. The van der Waals surface area contributed by atoms with Crippen molar-refractivity contribution >= 4 is 5.91 Å². The highest BCUT2D eigenvalue weighted by molar-refractivity contribution is 5.92. The molecule has 2 aromatic rings. The van der Waals surface area contributed by atoms with Gasteiger partial charge in [0.25, 0.3) is 5.91 Å². The molecular formula is C21H26F3N3O. The molecule has 1 amide bonds. The molecule has 0 saturated carbocycles. The van der Waals surface area contributed by atoms with Gasteiger partial charge in [0.2, 0.25) is 0 Å². The monoisotopic (exact) mass is 393 g/mol. The summed E-state index contributed by atoms with van der Waals surface area (Å²) in [6, 6.07) is 7.29. The summed E-state index contributed by atoms with van der Waals surface area (Å²) in [5.74, 6) is 0.296. The summed E-state index contributed by atoms with van der Waals surface area (Å²) in [7, 11) is 0. The van der Waals surface area contributed by atoms with Gasteiger partial charge in [0.05, 0.1) is 5.56 Å². The van der Waals surface area contributed by atoms with Crippen LogP contribution in [0.5, 0.6) is 0 Å². The molecule has 1 aliphatic rings. The zero-order valence-corrected chi connectivity index (χ0v) is 16.1. The van der Waals surface area contributed by atoms with Gasteiger partial charge in [-0.2, -0.15) is 18.3 Å². The van der Waals surface area contributed by atoms with Gasteiger partial charge in [0.15, 0.2) is 0 Å². The second-order valence-electron chi connectivity index (χ2n) is 7.44. The quantitative estimate of drug-likeness (QED) is 0.707. The molecule has 4 nitrogen and oxygen atoms in total. The van der Waals surface area contributed by atoms with Crippen LogP contribution in [0.3, 0.4) is 0 Å². The van der Waals surface area contributed by atoms with Crippen molar-refractivity contribution < 1.29 is 18.0 Å². The highest BCUT2D eigenvalue weighted by atomic mass is 19.4. The maximum absolute atomic E-state index is 12.9. The third kappa shape index (κ3) is 4.94. The third-order valence-electron chi connectivity index (χ3n) is 5.27. The number of alkyl halides is 3. The van der Waals surface area contributed by atoms with Gasteiger partial charge in [0.1, 0.15) is 5.69 Å². The Kier molecular flexibility index (Phi) is 6.42. The fourth-order valence-electron chi connectivity index (χ4n) is 3.83. The van der Waals surface area contributed by atoms with Crippen molar-refractivity contribution in [3.05, 3.63) is 53.3 Å². The zero-order chi connectivity index (χ0) is 20.1. The standard InChI is InChI=1S/C21H26F3N3O/c1-2-12-27-19(10-11-25-27)20(28)26-13-4-6-17(15-26)9-8-16-5-3-7-18(14-16)21(22,23)24/h3,5,7,10-11,14,17H,2,4,6,8-9,12-13,15H2,1H3/t17-/m1/s1. The van der Waals surface area contributed by atoms with Gasteiger partial charge in [-0.25, -0.2) is 0 Å². The maximum Gasteiger partial charge on any atom is 0.416 e. The molecule has 1 saturated heterocycles. The molecule has 2 heterocycles. The maximum atomic E-state index is 12.9. The molecule has 3 rings (SSSR count). The van der Waals surface area contributed by atoms with Crippen LogP contribution in [-0.4, -0.2) is 33.7 Å². The van der Waals surface area contributed by atoms with E-state index in [2.05, 4.69) is 5.10 Å². The zero-order valence-electron chi connectivity index (χ0n) is 16.1. The summed E-state index contributed by atoms with van der Waals surface area (Å²) in [5.41, 5.74) is 0.703. The molecule has 28 heavy (non-hydrogen) atoms. The molecule has 0 N–H and O–H groups in total. The summed E-state index contributed by atoms with van der Waals surface area (Å²) in [5, 5.41) is 4.22. The second-order valence-corrected chi connectivity index (χ2v) is 7.44. The SMILES string of the molecule is CCCn1nccc1C(=O)N1CCC[C@H](CCc2cccc(C(F)(F)F)c2)C1. The van der Waals surface area contributed by atoms with Crippen LogP contribution in [0.1, 0.15) is 54.2 Å². The Labute approximate surface area is 163 Å². The van der Waals surface area contributed by atoms with E-state index in [9.17, 15) is 18.0 Å². The van der Waals surface area contributed by atoms with Crippen molar-refractivity contribution in [2.24, 2.45) is 5.92 Å². The Balaban J connectivity index is 1.59. The lowest BCUT2D eigenvalue weighted by atomic mass is 9.91. The van der Waals surface area contributed by atoms with Gasteiger partial charge < -0.3 is 4.90 Å². The van der Waals surface area contributed by atoms with E-state index >= 15 is 0 Å². The van der Waals surface area contributed by atoms with E-state index in [1.807, 2.05) is 11.8 Å². The molecule has 7 heteroatoms. The summed E-state index contributed by atoms with van der Waals surface area (Å²) in [6.07, 6.45) is 1.52. The molecule has 1 aromatic heterocycles. The summed E-state index contributed by atoms with van der Waals surface area (Å²) < 4.78 is 40.4. The lowest BCUT2D eigenvalue weighted by Crippen LogP contribution is -2.41. The minimum atomic E-state index is -4.31.